The number of rotatable bonds is 6. The zero-order chi connectivity index (χ0) is 13.5. The third-order valence-electron chi connectivity index (χ3n) is 2.81. The standard InChI is InChI=1S/C16H18ClNO/c1-2-10-19-15-8-5-6-13(11-15)16(17)12-14-7-3-4-9-18-14/h3-9,11,16H,2,10,12H2,1H3. The first-order chi connectivity index (χ1) is 9.29. The summed E-state index contributed by atoms with van der Waals surface area (Å²) in [6.07, 6.45) is 3.52. The van der Waals surface area contributed by atoms with Crippen LogP contribution in [0, 0.1) is 0 Å². The van der Waals surface area contributed by atoms with Crippen molar-refractivity contribution in [2.75, 3.05) is 6.61 Å². The van der Waals surface area contributed by atoms with Gasteiger partial charge in [0.1, 0.15) is 5.75 Å². The molecule has 100 valence electrons. The third kappa shape index (κ3) is 4.25. The van der Waals surface area contributed by atoms with Crippen LogP contribution in [0.25, 0.3) is 0 Å². The summed E-state index contributed by atoms with van der Waals surface area (Å²) in [5.74, 6) is 0.881. The van der Waals surface area contributed by atoms with Crippen molar-refractivity contribution in [2.45, 2.75) is 25.1 Å². The highest BCUT2D eigenvalue weighted by molar-refractivity contribution is 6.20. The number of hydrogen-bond donors (Lipinski definition) is 0. The molecule has 0 spiro atoms. The monoisotopic (exact) mass is 275 g/mol. The molecule has 1 atom stereocenters. The first-order valence-electron chi connectivity index (χ1n) is 6.56. The molecular formula is C16H18ClNO. The molecule has 0 bridgehead atoms. The van der Waals surface area contributed by atoms with Gasteiger partial charge in [0, 0.05) is 18.3 Å². The van der Waals surface area contributed by atoms with Crippen molar-refractivity contribution < 1.29 is 4.74 Å². The topological polar surface area (TPSA) is 22.1 Å². The van der Waals surface area contributed by atoms with E-state index in [0.29, 0.717) is 0 Å². The van der Waals surface area contributed by atoms with Gasteiger partial charge < -0.3 is 4.74 Å². The fraction of sp³-hybridized carbons (Fsp3) is 0.312. The number of ether oxygens (including phenoxy) is 1. The van der Waals surface area contributed by atoms with Crippen LogP contribution in [-0.4, -0.2) is 11.6 Å². The first-order valence-corrected chi connectivity index (χ1v) is 7.00. The average Bonchev–Trinajstić information content (AvgIpc) is 2.46. The van der Waals surface area contributed by atoms with E-state index >= 15 is 0 Å². The van der Waals surface area contributed by atoms with Crippen molar-refractivity contribution in [3.8, 4) is 5.75 Å². The first kappa shape index (κ1) is 13.9. The van der Waals surface area contributed by atoms with Gasteiger partial charge in [-0.3, -0.25) is 4.98 Å². The van der Waals surface area contributed by atoms with Crippen molar-refractivity contribution in [3.63, 3.8) is 0 Å². The zero-order valence-electron chi connectivity index (χ0n) is 11.1. The second-order valence-corrected chi connectivity index (χ2v) is 4.94. The van der Waals surface area contributed by atoms with Gasteiger partial charge >= 0.3 is 0 Å². The number of hydrogen-bond acceptors (Lipinski definition) is 2. The molecule has 1 unspecified atom stereocenters. The van der Waals surface area contributed by atoms with E-state index in [1.165, 1.54) is 0 Å². The summed E-state index contributed by atoms with van der Waals surface area (Å²) in [4.78, 5) is 4.30. The summed E-state index contributed by atoms with van der Waals surface area (Å²) in [5.41, 5.74) is 2.07. The summed E-state index contributed by atoms with van der Waals surface area (Å²) in [6.45, 7) is 2.83. The van der Waals surface area contributed by atoms with Gasteiger partial charge in [-0.15, -0.1) is 11.6 Å². The Kier molecular flexibility index (Phi) is 5.22. The van der Waals surface area contributed by atoms with Crippen LogP contribution in [0.2, 0.25) is 0 Å². The highest BCUT2D eigenvalue weighted by Gasteiger charge is 2.10. The number of alkyl halides is 1. The second kappa shape index (κ2) is 7.15. The zero-order valence-corrected chi connectivity index (χ0v) is 11.8. The molecule has 1 aromatic heterocycles. The fourth-order valence-electron chi connectivity index (χ4n) is 1.84. The van der Waals surface area contributed by atoms with Gasteiger partial charge in [0.15, 0.2) is 0 Å². The van der Waals surface area contributed by atoms with Gasteiger partial charge in [0.2, 0.25) is 0 Å². The Balaban J connectivity index is 2.04. The van der Waals surface area contributed by atoms with Crippen LogP contribution in [-0.2, 0) is 6.42 Å². The maximum atomic E-state index is 6.45. The van der Waals surface area contributed by atoms with Gasteiger partial charge in [-0.05, 0) is 36.2 Å². The predicted molar refractivity (Wildman–Crippen MR) is 78.8 cm³/mol. The summed E-state index contributed by atoms with van der Waals surface area (Å²) >= 11 is 6.45. The number of halogens is 1. The van der Waals surface area contributed by atoms with Gasteiger partial charge in [0.25, 0.3) is 0 Å². The lowest BCUT2D eigenvalue weighted by Gasteiger charge is -2.11. The minimum Gasteiger partial charge on any atom is -0.494 e. The lowest BCUT2D eigenvalue weighted by Crippen LogP contribution is -2.00. The molecule has 0 N–H and O–H groups in total. The number of nitrogens with zero attached hydrogens (tertiary/aromatic N) is 1. The Morgan fingerprint density at radius 3 is 2.84 bits per heavy atom. The normalized spacial score (nSPS) is 12.1. The Bertz CT molecular complexity index is 501. The molecule has 0 saturated heterocycles. The molecule has 0 aliphatic heterocycles. The number of benzene rings is 1. The molecule has 0 fully saturated rings. The molecule has 2 rings (SSSR count). The summed E-state index contributed by atoms with van der Waals surface area (Å²) in [5, 5.41) is -0.0833. The molecule has 0 saturated carbocycles. The van der Waals surface area contributed by atoms with Gasteiger partial charge in [-0.2, -0.15) is 0 Å². The van der Waals surface area contributed by atoms with Crippen molar-refractivity contribution in [2.24, 2.45) is 0 Å². The molecule has 1 aromatic carbocycles. The van der Waals surface area contributed by atoms with Crippen LogP contribution in [0.1, 0.15) is 30.0 Å². The van der Waals surface area contributed by atoms with E-state index in [-0.39, 0.29) is 5.38 Å². The van der Waals surface area contributed by atoms with Crippen LogP contribution < -0.4 is 4.74 Å². The van der Waals surface area contributed by atoms with E-state index in [4.69, 9.17) is 16.3 Å². The van der Waals surface area contributed by atoms with Gasteiger partial charge in [0.05, 0.1) is 12.0 Å². The van der Waals surface area contributed by atoms with Crippen molar-refractivity contribution in [1.29, 1.82) is 0 Å². The molecule has 19 heavy (non-hydrogen) atoms. The largest absolute Gasteiger partial charge is 0.494 e. The van der Waals surface area contributed by atoms with Crippen LogP contribution in [0.15, 0.2) is 48.7 Å². The SMILES string of the molecule is CCCOc1cccc(C(Cl)Cc2ccccn2)c1. The fourth-order valence-corrected chi connectivity index (χ4v) is 2.13. The van der Waals surface area contributed by atoms with E-state index in [1.54, 1.807) is 6.20 Å². The molecule has 3 heteroatoms. The van der Waals surface area contributed by atoms with Crippen LogP contribution in [0.4, 0.5) is 0 Å². The maximum Gasteiger partial charge on any atom is 0.119 e. The Hall–Kier alpha value is -1.54. The van der Waals surface area contributed by atoms with E-state index in [1.807, 2.05) is 42.5 Å². The molecule has 1 heterocycles. The van der Waals surface area contributed by atoms with Crippen LogP contribution in [0.5, 0.6) is 5.75 Å². The summed E-state index contributed by atoms with van der Waals surface area (Å²) in [6, 6.07) is 13.9. The minimum atomic E-state index is -0.0833. The average molecular weight is 276 g/mol. The lowest BCUT2D eigenvalue weighted by atomic mass is 10.1. The Morgan fingerprint density at radius 1 is 1.21 bits per heavy atom. The number of aromatic nitrogens is 1. The van der Waals surface area contributed by atoms with Crippen LogP contribution in [0.3, 0.4) is 0 Å². The highest BCUT2D eigenvalue weighted by Crippen LogP contribution is 2.27. The summed E-state index contributed by atoms with van der Waals surface area (Å²) in [7, 11) is 0. The van der Waals surface area contributed by atoms with E-state index in [2.05, 4.69) is 11.9 Å². The molecule has 0 amide bonds. The number of pyridine rings is 1. The van der Waals surface area contributed by atoms with E-state index in [0.717, 1.165) is 36.5 Å². The minimum absolute atomic E-state index is 0.0833. The van der Waals surface area contributed by atoms with Gasteiger partial charge in [-0.25, -0.2) is 0 Å². The maximum absolute atomic E-state index is 6.45. The van der Waals surface area contributed by atoms with Crippen molar-refractivity contribution in [1.82, 2.24) is 4.98 Å². The molecule has 0 aliphatic carbocycles. The van der Waals surface area contributed by atoms with Crippen molar-refractivity contribution in [3.05, 3.63) is 59.9 Å². The summed E-state index contributed by atoms with van der Waals surface area (Å²) < 4.78 is 5.62. The van der Waals surface area contributed by atoms with E-state index in [9.17, 15) is 0 Å². The molecule has 2 nitrogen and oxygen atoms in total. The Morgan fingerprint density at radius 2 is 2.11 bits per heavy atom. The smallest absolute Gasteiger partial charge is 0.119 e. The van der Waals surface area contributed by atoms with Gasteiger partial charge in [-0.1, -0.05) is 25.1 Å². The Labute approximate surface area is 119 Å². The van der Waals surface area contributed by atoms with Crippen LogP contribution >= 0.6 is 11.6 Å². The highest BCUT2D eigenvalue weighted by atomic mass is 35.5. The second-order valence-electron chi connectivity index (χ2n) is 4.41. The van der Waals surface area contributed by atoms with E-state index < -0.39 is 0 Å². The molecule has 0 aliphatic rings. The molecule has 2 aromatic rings. The third-order valence-corrected chi connectivity index (χ3v) is 3.21. The lowest BCUT2D eigenvalue weighted by molar-refractivity contribution is 0.317. The predicted octanol–water partition coefficient (Wildman–Crippen LogP) is 4.39. The van der Waals surface area contributed by atoms with Crippen molar-refractivity contribution >= 4 is 11.6 Å². The molecule has 0 radical (unpaired) electrons. The quantitative estimate of drug-likeness (QED) is 0.729. The molecular weight excluding hydrogens is 258 g/mol.